The molecule has 0 saturated carbocycles. The molecule has 4 N–H and O–H groups in total. The maximum atomic E-state index is 10.7. The molecule has 2 saturated heterocycles. The van der Waals surface area contributed by atoms with Gasteiger partial charge >= 0.3 is 0 Å². The molecule has 3 heterocycles. The van der Waals surface area contributed by atoms with Crippen molar-refractivity contribution < 1.29 is 10.2 Å². The highest BCUT2D eigenvalue weighted by molar-refractivity contribution is 5.60. The van der Waals surface area contributed by atoms with Gasteiger partial charge in [0.2, 0.25) is 0 Å². The van der Waals surface area contributed by atoms with Crippen LogP contribution >= 0.6 is 0 Å². The number of β-amino-alcohol motifs (C(OH)–C–C–N with tert-alkyl or cyclic N) is 1. The van der Waals surface area contributed by atoms with Crippen LogP contribution in [-0.4, -0.2) is 66.1 Å². The molecule has 3 aliphatic heterocycles. The van der Waals surface area contributed by atoms with Crippen LogP contribution in [0.25, 0.3) is 0 Å². The van der Waals surface area contributed by atoms with E-state index in [0.29, 0.717) is 19.4 Å². The third kappa shape index (κ3) is 4.88. The fourth-order valence-corrected chi connectivity index (χ4v) is 4.68. The zero-order valence-corrected chi connectivity index (χ0v) is 18.3. The Morgan fingerprint density at radius 3 is 2.25 bits per heavy atom. The second-order valence-corrected chi connectivity index (χ2v) is 7.85. The van der Waals surface area contributed by atoms with Crippen LogP contribution in [0.3, 0.4) is 0 Å². The van der Waals surface area contributed by atoms with Gasteiger partial charge in [-0.05, 0) is 63.5 Å². The number of fused-ring (bicyclic) bond motifs is 2. The molecule has 3 aliphatic rings. The van der Waals surface area contributed by atoms with Gasteiger partial charge in [-0.3, -0.25) is 0 Å². The standard InChI is InChI=1S/C19H29N3O2.2C2H6/c23-17(19(24)5-9-20-10-6-19)13-22-11-7-18(8-12-22)14-21-16-4-2-1-3-15(16)18;2*1-2/h1-4,17,20-21,23-24H,5-14H2;2*1-2H3/t17-;;/m0../s1. The predicted molar refractivity (Wildman–Crippen MR) is 118 cm³/mol. The number of nitrogens with zero attached hydrogens (tertiary/aromatic N) is 1. The predicted octanol–water partition coefficient (Wildman–Crippen LogP) is 2.97. The lowest BCUT2D eigenvalue weighted by Gasteiger charge is -2.43. The fraction of sp³-hybridized carbons (Fsp3) is 0.739. The normalized spacial score (nSPS) is 23.4. The first kappa shape index (κ1) is 23.1. The van der Waals surface area contributed by atoms with E-state index in [0.717, 1.165) is 45.6 Å². The van der Waals surface area contributed by atoms with Crippen LogP contribution in [0.15, 0.2) is 24.3 Å². The van der Waals surface area contributed by atoms with E-state index in [1.54, 1.807) is 0 Å². The van der Waals surface area contributed by atoms with Gasteiger partial charge in [0.15, 0.2) is 0 Å². The van der Waals surface area contributed by atoms with Crippen LogP contribution in [0.2, 0.25) is 0 Å². The Bertz CT molecular complexity index is 579. The molecule has 160 valence electrons. The highest BCUT2D eigenvalue weighted by Crippen LogP contribution is 2.43. The molecule has 1 aromatic carbocycles. The smallest absolute Gasteiger partial charge is 0.0954 e. The molecular weight excluding hydrogens is 350 g/mol. The third-order valence-corrected chi connectivity index (χ3v) is 6.45. The first-order valence-corrected chi connectivity index (χ1v) is 11.3. The van der Waals surface area contributed by atoms with Gasteiger partial charge in [-0.25, -0.2) is 0 Å². The number of hydrogen-bond donors (Lipinski definition) is 4. The van der Waals surface area contributed by atoms with E-state index in [4.69, 9.17) is 0 Å². The van der Waals surface area contributed by atoms with E-state index in [2.05, 4.69) is 39.8 Å². The van der Waals surface area contributed by atoms with Crippen molar-refractivity contribution in [1.29, 1.82) is 0 Å². The molecule has 0 radical (unpaired) electrons. The van der Waals surface area contributed by atoms with E-state index in [-0.39, 0.29) is 5.41 Å². The summed E-state index contributed by atoms with van der Waals surface area (Å²) in [6.07, 6.45) is 2.86. The monoisotopic (exact) mass is 391 g/mol. The molecular formula is C23H41N3O2. The lowest BCUT2D eigenvalue weighted by atomic mass is 9.74. The molecule has 0 bridgehead atoms. The number of anilines is 1. The summed E-state index contributed by atoms with van der Waals surface area (Å²) < 4.78 is 0. The maximum Gasteiger partial charge on any atom is 0.0954 e. The van der Waals surface area contributed by atoms with Gasteiger partial charge in [0, 0.05) is 24.2 Å². The summed E-state index contributed by atoms with van der Waals surface area (Å²) in [4.78, 5) is 2.33. The molecule has 1 spiro atoms. The molecule has 5 heteroatoms. The number of piperidine rings is 2. The van der Waals surface area contributed by atoms with E-state index in [1.165, 1.54) is 11.3 Å². The van der Waals surface area contributed by atoms with Crippen LogP contribution in [-0.2, 0) is 5.41 Å². The highest BCUT2D eigenvalue weighted by Gasteiger charge is 2.43. The lowest BCUT2D eigenvalue weighted by molar-refractivity contribution is -0.104. The Morgan fingerprint density at radius 2 is 1.61 bits per heavy atom. The molecule has 0 unspecified atom stereocenters. The molecule has 0 aliphatic carbocycles. The zero-order valence-electron chi connectivity index (χ0n) is 18.3. The van der Waals surface area contributed by atoms with Crippen LogP contribution in [0.5, 0.6) is 0 Å². The van der Waals surface area contributed by atoms with Crippen molar-refractivity contribution in [2.75, 3.05) is 44.6 Å². The molecule has 5 nitrogen and oxygen atoms in total. The summed E-state index contributed by atoms with van der Waals surface area (Å²) in [5.74, 6) is 0. The SMILES string of the molecule is CC.CC.O[C@@H](CN1CCC2(CC1)CNc1ccccc12)C1(O)CCNCC1. The lowest BCUT2D eigenvalue weighted by Crippen LogP contribution is -2.55. The van der Waals surface area contributed by atoms with Crippen molar-refractivity contribution in [3.8, 4) is 0 Å². The van der Waals surface area contributed by atoms with Gasteiger partial charge < -0.3 is 25.7 Å². The minimum absolute atomic E-state index is 0.254. The summed E-state index contributed by atoms with van der Waals surface area (Å²) in [6.45, 7) is 13.2. The van der Waals surface area contributed by atoms with Crippen LogP contribution in [0, 0.1) is 0 Å². The van der Waals surface area contributed by atoms with Crippen molar-refractivity contribution in [2.45, 2.75) is 70.5 Å². The van der Waals surface area contributed by atoms with Gasteiger partial charge in [-0.15, -0.1) is 0 Å². The topological polar surface area (TPSA) is 67.8 Å². The van der Waals surface area contributed by atoms with Gasteiger partial charge in [0.1, 0.15) is 0 Å². The number of para-hydroxylation sites is 1. The second kappa shape index (κ2) is 10.6. The van der Waals surface area contributed by atoms with E-state index >= 15 is 0 Å². The average Bonchev–Trinajstić information content (AvgIpc) is 3.12. The first-order chi connectivity index (χ1) is 13.6. The van der Waals surface area contributed by atoms with Crippen LogP contribution in [0.4, 0.5) is 5.69 Å². The van der Waals surface area contributed by atoms with Gasteiger partial charge in [0.25, 0.3) is 0 Å². The van der Waals surface area contributed by atoms with Crippen LogP contribution < -0.4 is 10.6 Å². The summed E-state index contributed by atoms with van der Waals surface area (Å²) in [6, 6.07) is 8.66. The molecule has 0 aromatic heterocycles. The molecule has 1 aromatic rings. The maximum absolute atomic E-state index is 10.7. The Labute approximate surface area is 171 Å². The number of nitrogens with one attached hydrogen (secondary N) is 2. The molecule has 2 fully saturated rings. The van der Waals surface area contributed by atoms with Crippen molar-refractivity contribution in [1.82, 2.24) is 10.2 Å². The summed E-state index contributed by atoms with van der Waals surface area (Å²) in [7, 11) is 0. The minimum atomic E-state index is -0.915. The van der Waals surface area contributed by atoms with Crippen molar-refractivity contribution >= 4 is 5.69 Å². The van der Waals surface area contributed by atoms with Gasteiger partial charge in [-0.1, -0.05) is 45.9 Å². The summed E-state index contributed by atoms with van der Waals surface area (Å²) >= 11 is 0. The van der Waals surface area contributed by atoms with Crippen LogP contribution in [0.1, 0.15) is 58.9 Å². The number of likely N-dealkylation sites (tertiary alicyclic amines) is 1. The van der Waals surface area contributed by atoms with Crippen molar-refractivity contribution in [3.63, 3.8) is 0 Å². The highest BCUT2D eigenvalue weighted by atomic mass is 16.3. The molecule has 4 rings (SSSR count). The van der Waals surface area contributed by atoms with Gasteiger partial charge in [0.05, 0.1) is 11.7 Å². The number of benzene rings is 1. The number of aliphatic hydroxyl groups excluding tert-OH is 1. The van der Waals surface area contributed by atoms with Crippen molar-refractivity contribution in [2.24, 2.45) is 0 Å². The summed E-state index contributed by atoms with van der Waals surface area (Å²) in [5, 5.41) is 28.1. The third-order valence-electron chi connectivity index (χ3n) is 6.45. The van der Waals surface area contributed by atoms with Crippen molar-refractivity contribution in [3.05, 3.63) is 29.8 Å². The van der Waals surface area contributed by atoms with Gasteiger partial charge in [-0.2, -0.15) is 0 Å². The number of aliphatic hydroxyl groups is 2. The largest absolute Gasteiger partial charge is 0.389 e. The average molecular weight is 392 g/mol. The Hall–Kier alpha value is -1.14. The number of rotatable bonds is 3. The Balaban J connectivity index is 0.000000660. The van der Waals surface area contributed by atoms with E-state index < -0.39 is 11.7 Å². The zero-order chi connectivity index (χ0) is 20.6. The Morgan fingerprint density at radius 1 is 1.00 bits per heavy atom. The Kier molecular flexibility index (Phi) is 8.75. The fourth-order valence-electron chi connectivity index (χ4n) is 4.68. The molecule has 1 atom stereocenters. The summed E-state index contributed by atoms with van der Waals surface area (Å²) in [5.41, 5.74) is 2.09. The van der Waals surface area contributed by atoms with E-state index in [9.17, 15) is 10.2 Å². The minimum Gasteiger partial charge on any atom is -0.389 e. The van der Waals surface area contributed by atoms with E-state index in [1.807, 2.05) is 27.7 Å². The molecule has 0 amide bonds. The first-order valence-electron chi connectivity index (χ1n) is 11.3. The number of hydrogen-bond acceptors (Lipinski definition) is 5. The quantitative estimate of drug-likeness (QED) is 0.638. The molecule has 28 heavy (non-hydrogen) atoms. The second-order valence-electron chi connectivity index (χ2n) is 7.85.